The second kappa shape index (κ2) is 2.71. The Morgan fingerprint density at radius 3 is 1.69 bits per heavy atom. The molecule has 0 aliphatic carbocycles. The van der Waals surface area contributed by atoms with Crippen molar-refractivity contribution in [2.45, 2.75) is 33.2 Å². The van der Waals surface area contributed by atoms with Gasteiger partial charge in [0.25, 0.3) is 0 Å². The van der Waals surface area contributed by atoms with Gasteiger partial charge in [-0.15, -0.1) is 0 Å². The third-order valence-electron chi connectivity index (χ3n) is 4.37. The minimum absolute atomic E-state index is 0.329. The molecule has 1 spiro atoms. The van der Waals surface area contributed by atoms with Gasteiger partial charge < -0.3 is 10.1 Å². The molecular weight excluding hydrogens is 162 g/mol. The molecule has 0 aromatic rings. The molecule has 2 saturated heterocycles. The van der Waals surface area contributed by atoms with Crippen molar-refractivity contribution in [3.05, 3.63) is 0 Å². The smallest absolute Gasteiger partial charge is 0.0727 e. The first-order chi connectivity index (χ1) is 6.05. The Hall–Kier alpha value is -0.0800. The van der Waals surface area contributed by atoms with E-state index in [4.69, 9.17) is 4.74 Å². The predicted molar refractivity (Wildman–Crippen MR) is 53.7 cm³/mol. The molecule has 0 amide bonds. The fourth-order valence-electron chi connectivity index (χ4n) is 3.40. The van der Waals surface area contributed by atoms with E-state index in [-0.39, 0.29) is 0 Å². The minimum Gasteiger partial charge on any atom is -0.377 e. The molecular formula is C11H21NO. The molecule has 2 aliphatic heterocycles. The fourth-order valence-corrected chi connectivity index (χ4v) is 3.40. The van der Waals surface area contributed by atoms with Gasteiger partial charge in [0.1, 0.15) is 0 Å². The van der Waals surface area contributed by atoms with Gasteiger partial charge in [-0.25, -0.2) is 0 Å². The van der Waals surface area contributed by atoms with Gasteiger partial charge in [0, 0.05) is 12.0 Å². The van der Waals surface area contributed by atoms with E-state index in [0.717, 1.165) is 25.0 Å². The molecule has 0 unspecified atom stereocenters. The molecule has 0 atom stereocenters. The van der Waals surface area contributed by atoms with Crippen LogP contribution in [0, 0.1) is 17.3 Å². The monoisotopic (exact) mass is 183 g/mol. The van der Waals surface area contributed by atoms with E-state index in [2.05, 4.69) is 33.0 Å². The Morgan fingerprint density at radius 2 is 1.62 bits per heavy atom. The molecule has 2 aliphatic rings. The van der Waals surface area contributed by atoms with Gasteiger partial charge in [0.2, 0.25) is 0 Å². The van der Waals surface area contributed by atoms with Crippen LogP contribution in [-0.4, -0.2) is 25.3 Å². The van der Waals surface area contributed by atoms with Gasteiger partial charge >= 0.3 is 0 Å². The Morgan fingerprint density at radius 1 is 1.08 bits per heavy atom. The molecule has 0 aromatic heterocycles. The van der Waals surface area contributed by atoms with Crippen molar-refractivity contribution in [3.8, 4) is 0 Å². The van der Waals surface area contributed by atoms with Gasteiger partial charge in [-0.2, -0.15) is 0 Å². The molecule has 0 saturated carbocycles. The van der Waals surface area contributed by atoms with Gasteiger partial charge in [-0.3, -0.25) is 0 Å². The summed E-state index contributed by atoms with van der Waals surface area (Å²) in [6.45, 7) is 12.4. The van der Waals surface area contributed by atoms with Crippen molar-refractivity contribution in [3.63, 3.8) is 0 Å². The van der Waals surface area contributed by atoms with E-state index in [1.54, 1.807) is 0 Å². The highest BCUT2D eigenvalue weighted by Crippen LogP contribution is 2.53. The first-order valence-electron chi connectivity index (χ1n) is 5.38. The maximum absolute atomic E-state index is 5.37. The normalized spacial score (nSPS) is 29.1. The van der Waals surface area contributed by atoms with Crippen molar-refractivity contribution in [1.29, 1.82) is 0 Å². The number of hydrogen-bond donors (Lipinski definition) is 1. The Kier molecular flexibility index (Phi) is 1.97. The first kappa shape index (κ1) is 9.47. The summed E-state index contributed by atoms with van der Waals surface area (Å²) in [5.74, 6) is 1.50. The van der Waals surface area contributed by atoms with Crippen molar-refractivity contribution in [2.24, 2.45) is 17.3 Å². The quantitative estimate of drug-likeness (QED) is 0.703. The van der Waals surface area contributed by atoms with Crippen molar-refractivity contribution < 1.29 is 4.74 Å². The Bertz CT molecular complexity index is 193. The van der Waals surface area contributed by atoms with E-state index in [9.17, 15) is 0 Å². The van der Waals surface area contributed by atoms with Gasteiger partial charge in [-0.1, -0.05) is 27.7 Å². The molecule has 2 rings (SSSR count). The van der Waals surface area contributed by atoms with Crippen LogP contribution in [0.5, 0.6) is 0 Å². The van der Waals surface area contributed by atoms with Crippen LogP contribution in [0.3, 0.4) is 0 Å². The second-order valence-electron chi connectivity index (χ2n) is 5.28. The highest BCUT2D eigenvalue weighted by Gasteiger charge is 2.65. The molecule has 2 nitrogen and oxygen atoms in total. The van der Waals surface area contributed by atoms with Crippen LogP contribution in [0.25, 0.3) is 0 Å². The lowest BCUT2D eigenvalue weighted by atomic mass is 9.51. The van der Waals surface area contributed by atoms with Crippen molar-refractivity contribution in [2.75, 3.05) is 19.8 Å². The maximum Gasteiger partial charge on any atom is 0.0727 e. The summed E-state index contributed by atoms with van der Waals surface area (Å²) >= 11 is 0. The molecule has 13 heavy (non-hydrogen) atoms. The molecule has 0 bridgehead atoms. The summed E-state index contributed by atoms with van der Waals surface area (Å²) in [6, 6.07) is 0. The number of nitrogens with one attached hydrogen (secondary N) is 1. The standard InChI is InChI=1S/C11H21NO/c1-8(2)11(9(3)4)5-12-10(11)6-13-7-10/h8-9,12H,5-7H2,1-4H3. The zero-order valence-corrected chi connectivity index (χ0v) is 9.18. The van der Waals surface area contributed by atoms with Crippen LogP contribution in [0.15, 0.2) is 0 Å². The molecule has 2 fully saturated rings. The van der Waals surface area contributed by atoms with Crippen LogP contribution < -0.4 is 5.32 Å². The Labute approximate surface area is 81.0 Å². The second-order valence-corrected chi connectivity index (χ2v) is 5.28. The summed E-state index contributed by atoms with van der Waals surface area (Å²) in [7, 11) is 0. The van der Waals surface area contributed by atoms with Crippen LogP contribution in [0.2, 0.25) is 0 Å². The van der Waals surface area contributed by atoms with Crippen LogP contribution >= 0.6 is 0 Å². The van der Waals surface area contributed by atoms with E-state index in [1.807, 2.05) is 0 Å². The van der Waals surface area contributed by atoms with E-state index in [1.165, 1.54) is 6.54 Å². The minimum atomic E-state index is 0.329. The summed E-state index contributed by atoms with van der Waals surface area (Å²) < 4.78 is 5.37. The number of ether oxygens (including phenoxy) is 1. The lowest BCUT2D eigenvalue weighted by molar-refractivity contribution is -0.225. The average molecular weight is 183 g/mol. The van der Waals surface area contributed by atoms with E-state index >= 15 is 0 Å². The summed E-state index contributed by atoms with van der Waals surface area (Å²) in [5, 5.41) is 3.59. The zero-order valence-electron chi connectivity index (χ0n) is 9.18. The van der Waals surface area contributed by atoms with Gasteiger partial charge in [-0.05, 0) is 11.8 Å². The largest absolute Gasteiger partial charge is 0.377 e. The summed E-state index contributed by atoms with van der Waals surface area (Å²) in [5.41, 5.74) is 0.806. The molecule has 2 heteroatoms. The SMILES string of the molecule is CC(C)C1(C(C)C)CNC12COC2. The lowest BCUT2D eigenvalue weighted by Crippen LogP contribution is -2.84. The molecule has 0 radical (unpaired) electrons. The molecule has 1 N–H and O–H groups in total. The summed E-state index contributed by atoms with van der Waals surface area (Å²) in [6.07, 6.45) is 0. The van der Waals surface area contributed by atoms with E-state index in [0.29, 0.717) is 11.0 Å². The van der Waals surface area contributed by atoms with Crippen LogP contribution in [0.1, 0.15) is 27.7 Å². The lowest BCUT2D eigenvalue weighted by Gasteiger charge is -2.68. The highest BCUT2D eigenvalue weighted by atomic mass is 16.5. The van der Waals surface area contributed by atoms with Crippen LogP contribution in [0.4, 0.5) is 0 Å². The van der Waals surface area contributed by atoms with Crippen molar-refractivity contribution >= 4 is 0 Å². The topological polar surface area (TPSA) is 21.3 Å². The van der Waals surface area contributed by atoms with Gasteiger partial charge in [0.15, 0.2) is 0 Å². The third-order valence-corrected chi connectivity index (χ3v) is 4.37. The van der Waals surface area contributed by atoms with Gasteiger partial charge in [0.05, 0.1) is 18.8 Å². The fraction of sp³-hybridized carbons (Fsp3) is 1.00. The van der Waals surface area contributed by atoms with Crippen molar-refractivity contribution in [1.82, 2.24) is 5.32 Å². The van der Waals surface area contributed by atoms with E-state index < -0.39 is 0 Å². The third kappa shape index (κ3) is 0.909. The zero-order chi connectivity index (χ0) is 9.69. The maximum atomic E-state index is 5.37. The summed E-state index contributed by atoms with van der Waals surface area (Å²) in [4.78, 5) is 0. The number of hydrogen-bond acceptors (Lipinski definition) is 2. The molecule has 76 valence electrons. The first-order valence-corrected chi connectivity index (χ1v) is 5.38. The molecule has 0 aromatic carbocycles. The number of rotatable bonds is 2. The molecule has 2 heterocycles. The highest BCUT2D eigenvalue weighted by molar-refractivity contribution is 5.19. The van der Waals surface area contributed by atoms with Crippen LogP contribution in [-0.2, 0) is 4.74 Å². The average Bonchev–Trinajstić information content (AvgIpc) is 1.78. The predicted octanol–water partition coefficient (Wildman–Crippen LogP) is 1.66. The Balaban J connectivity index is 2.24.